The van der Waals surface area contributed by atoms with Crippen molar-refractivity contribution in [1.82, 2.24) is 51.1 Å². The van der Waals surface area contributed by atoms with E-state index in [1.54, 1.807) is 30.3 Å². The maximum Gasteiger partial charge on any atom is 0.340 e. The van der Waals surface area contributed by atoms with E-state index in [4.69, 9.17) is 27.4 Å². The first-order valence-corrected chi connectivity index (χ1v) is 33.6. The minimum atomic E-state index is -1.70. The van der Waals surface area contributed by atoms with Crippen molar-refractivity contribution in [2.45, 2.75) is 158 Å². The minimum Gasteiger partial charge on any atom is -0.508 e. The number of ether oxygens (including phenoxy) is 2. The molecule has 13 N–H and O–H groups in total. The molecule has 536 valence electrons. The van der Waals surface area contributed by atoms with Crippen molar-refractivity contribution >= 4 is 100.0 Å². The Kier molecular flexibility index (Phi) is 24.0. The fraction of sp³-hybridized carbons (Fsp3) is 0.493. The number of esters is 1. The fourth-order valence-corrected chi connectivity index (χ4v) is 13.7. The number of rotatable bonds is 15. The smallest absolute Gasteiger partial charge is 0.340 e. The molecule has 0 aromatic heterocycles. The number of aliphatic hydroxyl groups excluding tert-OH is 1. The number of carbonyl (C=O) groups is 13. The third kappa shape index (κ3) is 17.2. The highest BCUT2D eigenvalue weighted by atomic mass is 32.1. The number of aromatic hydroxyl groups is 2. The van der Waals surface area contributed by atoms with Crippen LogP contribution in [0.3, 0.4) is 0 Å². The standard InChI is InChI=1S/C67H82N12O20S/c1-36-61(93)79-30-10-13-49(79)64(96)78-29-9-11-47(78)58(90)73-45(21-23-55(86)87)62(94)76(34-52(68)83)27-7-3-6-26-75(35-53(84)72-46(22-24-56(88)89)63(95)77-28-8-12-48(77)59(91)74-57(37(2)80)60(92)70-36)54(85)14-4-5-25-69-66(100)71-38-15-18-41-44(31-38)67(99-65(41)97)42-19-16-39(81)32-50(42)98-51-33-40(82)17-20-43(51)67/h3,7,15-20,31-33,36-37,45-49,57,80-82H,4-6,8-14,21-30,34-35H2,1-2H3,(H2,68,83)(H,70,92)(H,72,84)(H,73,90)(H,74,91)(H,86,87)(H,88,89)(H2,69,71,100)/t36-,37+,45-,46-,47-,48-,49-,57-/m0/s1. The molecule has 8 atom stereocenters. The van der Waals surface area contributed by atoms with Crippen molar-refractivity contribution < 1.29 is 97.3 Å². The molecule has 6 heterocycles. The van der Waals surface area contributed by atoms with Crippen molar-refractivity contribution in [2.24, 2.45) is 5.73 Å². The highest BCUT2D eigenvalue weighted by Crippen LogP contribution is 2.57. The second kappa shape index (κ2) is 32.5. The van der Waals surface area contributed by atoms with Gasteiger partial charge in [0.1, 0.15) is 65.3 Å². The highest BCUT2D eigenvalue weighted by molar-refractivity contribution is 7.80. The molecule has 3 saturated heterocycles. The molecule has 3 fully saturated rings. The average Bonchev–Trinajstić information content (AvgIpc) is 1.45. The van der Waals surface area contributed by atoms with Crippen LogP contribution in [-0.2, 0) is 67.9 Å². The summed E-state index contributed by atoms with van der Waals surface area (Å²) in [6.07, 6.45) is 0.962. The summed E-state index contributed by atoms with van der Waals surface area (Å²) in [5.74, 6) is -11.3. The number of nitrogens with zero attached hydrogens (tertiary/aromatic N) is 5. The number of carboxylic acids is 2. The molecule has 0 aliphatic carbocycles. The normalized spacial score (nSPS) is 23.4. The van der Waals surface area contributed by atoms with Gasteiger partial charge in [0.2, 0.25) is 59.1 Å². The van der Waals surface area contributed by atoms with Crippen LogP contribution in [0.5, 0.6) is 23.0 Å². The largest absolute Gasteiger partial charge is 0.508 e. The number of aliphatic hydroxyl groups is 1. The van der Waals surface area contributed by atoms with E-state index < -0.39 is 170 Å². The van der Waals surface area contributed by atoms with Crippen LogP contribution in [0.25, 0.3) is 0 Å². The van der Waals surface area contributed by atoms with E-state index in [-0.39, 0.29) is 118 Å². The lowest BCUT2D eigenvalue weighted by Crippen LogP contribution is -2.61. The summed E-state index contributed by atoms with van der Waals surface area (Å²) in [6, 6.07) is 3.90. The van der Waals surface area contributed by atoms with Gasteiger partial charge in [-0.1, -0.05) is 12.2 Å². The summed E-state index contributed by atoms with van der Waals surface area (Å²) in [6.45, 7) is 0.996. The number of unbranched alkanes of at least 4 members (excludes halogenated alkanes) is 1. The Hall–Kier alpha value is -10.4. The third-order valence-corrected chi connectivity index (χ3v) is 18.6. The van der Waals surface area contributed by atoms with Crippen molar-refractivity contribution in [3.8, 4) is 23.0 Å². The SMILES string of the molecule is C[C@@H]1NC(=O)[C@H]([C@@H](C)O)NC(=O)[C@@H]2CCCN2C(=O)[C@H](CCC(=O)O)NC(=O)CN(C(=O)CCCCNC(=S)Nc2ccc3c(c2)C2(OC3=O)c3ccc(O)cc3Oc3cc(O)ccc32)CCC=CCN(CC(N)=O)C(=O)[C@H](CCC(=O)O)NC(=O)[C@@H]2CCCN2C(=O)[C@@H]2CCCN2C1=O. The lowest BCUT2D eigenvalue weighted by atomic mass is 9.77. The molecule has 1 spiro atoms. The zero-order chi connectivity index (χ0) is 72.3. The highest BCUT2D eigenvalue weighted by Gasteiger charge is 2.54. The van der Waals surface area contributed by atoms with Crippen LogP contribution in [-0.4, -0.2) is 233 Å². The Bertz CT molecular complexity index is 3720. The van der Waals surface area contributed by atoms with Crippen molar-refractivity contribution in [2.75, 3.05) is 57.7 Å². The maximum atomic E-state index is 14.5. The van der Waals surface area contributed by atoms with Gasteiger partial charge in [-0.3, -0.25) is 57.5 Å². The van der Waals surface area contributed by atoms with Gasteiger partial charge in [-0.2, -0.15) is 0 Å². The summed E-state index contributed by atoms with van der Waals surface area (Å²) in [5.41, 5.74) is 5.98. The molecule has 10 amide bonds. The van der Waals surface area contributed by atoms with E-state index in [1.165, 1.54) is 65.0 Å². The molecule has 0 unspecified atom stereocenters. The Labute approximate surface area is 579 Å². The van der Waals surface area contributed by atoms with Crippen LogP contribution in [0.2, 0.25) is 0 Å². The Morgan fingerprint density at radius 2 is 1.25 bits per heavy atom. The summed E-state index contributed by atoms with van der Waals surface area (Å²) >= 11 is 5.66. The van der Waals surface area contributed by atoms with Crippen LogP contribution in [0.15, 0.2) is 66.7 Å². The van der Waals surface area contributed by atoms with Gasteiger partial charge in [0.25, 0.3) is 0 Å². The second-order valence-electron chi connectivity index (χ2n) is 25.5. The number of anilines is 1. The molecule has 6 aliphatic rings. The number of hydrogen-bond donors (Lipinski definition) is 12. The van der Waals surface area contributed by atoms with E-state index >= 15 is 0 Å². The minimum absolute atomic E-state index is 0.00569. The van der Waals surface area contributed by atoms with Gasteiger partial charge in [-0.15, -0.1) is 0 Å². The van der Waals surface area contributed by atoms with Gasteiger partial charge < -0.3 is 97.1 Å². The summed E-state index contributed by atoms with van der Waals surface area (Å²) < 4.78 is 12.2. The Balaban J connectivity index is 0.924. The summed E-state index contributed by atoms with van der Waals surface area (Å²) in [4.78, 5) is 184. The molecule has 33 heteroatoms. The quantitative estimate of drug-likeness (QED) is 0.0420. The van der Waals surface area contributed by atoms with Gasteiger partial charge in [-0.25, -0.2) is 4.79 Å². The first-order valence-electron chi connectivity index (χ1n) is 33.2. The monoisotopic (exact) mass is 1410 g/mol. The van der Waals surface area contributed by atoms with Crippen LogP contribution < -0.4 is 42.4 Å². The number of fused-ring (bicyclic) bond motifs is 9. The zero-order valence-corrected chi connectivity index (χ0v) is 55.9. The molecular formula is C67H82N12O20S. The second-order valence-corrected chi connectivity index (χ2v) is 25.9. The van der Waals surface area contributed by atoms with Crippen LogP contribution in [0.1, 0.15) is 131 Å². The van der Waals surface area contributed by atoms with Gasteiger partial charge in [-0.05, 0) is 139 Å². The number of primary amides is 1. The molecule has 32 nitrogen and oxygen atoms in total. The number of benzene rings is 3. The maximum absolute atomic E-state index is 14.5. The number of phenolic OH excluding ortho intramolecular Hbond substituents is 2. The Morgan fingerprint density at radius 1 is 0.670 bits per heavy atom. The molecule has 3 aromatic carbocycles. The molecule has 3 aromatic rings. The fourth-order valence-electron chi connectivity index (χ4n) is 13.5. The summed E-state index contributed by atoms with van der Waals surface area (Å²) in [7, 11) is 0. The average molecular weight is 1410 g/mol. The first kappa shape index (κ1) is 73.8. The van der Waals surface area contributed by atoms with Gasteiger partial charge in [0, 0.05) is 93.0 Å². The predicted molar refractivity (Wildman–Crippen MR) is 355 cm³/mol. The number of thiocarbonyl (C=S) groups is 1. The number of phenols is 2. The van der Waals surface area contributed by atoms with Crippen molar-refractivity contribution in [3.63, 3.8) is 0 Å². The molecule has 0 saturated carbocycles. The number of nitrogens with two attached hydrogens (primary N) is 1. The van der Waals surface area contributed by atoms with Gasteiger partial charge >= 0.3 is 17.9 Å². The third-order valence-electron chi connectivity index (χ3n) is 18.4. The molecule has 6 aliphatic heterocycles. The molecular weight excluding hydrogens is 1320 g/mol. The zero-order valence-electron chi connectivity index (χ0n) is 55.1. The lowest BCUT2D eigenvalue weighted by Gasteiger charge is -2.36. The molecule has 0 radical (unpaired) electrons. The number of nitrogens with one attached hydrogen (secondary N) is 6. The topological polar surface area (TPSA) is 456 Å². The predicted octanol–water partition coefficient (Wildman–Crippen LogP) is 0.267. The van der Waals surface area contributed by atoms with Crippen LogP contribution in [0, 0.1) is 0 Å². The van der Waals surface area contributed by atoms with E-state index in [0.29, 0.717) is 41.6 Å². The van der Waals surface area contributed by atoms with Gasteiger partial charge in [0.05, 0.1) is 24.8 Å². The summed E-state index contributed by atoms with van der Waals surface area (Å²) in [5, 5.41) is 67.6. The molecule has 100 heavy (non-hydrogen) atoms. The van der Waals surface area contributed by atoms with E-state index in [0.717, 1.165) is 9.80 Å². The van der Waals surface area contributed by atoms with E-state index in [9.17, 15) is 87.9 Å². The first-order chi connectivity index (χ1) is 47.6. The number of carbonyl (C=O) groups excluding carboxylic acids is 11. The van der Waals surface area contributed by atoms with E-state index in [2.05, 4.69) is 31.9 Å². The number of carboxylic acid groups (broad SMARTS) is 2. The number of hydrogen-bond acceptors (Lipinski definition) is 19. The number of aliphatic carboxylic acids is 2. The van der Waals surface area contributed by atoms with E-state index in [1.807, 2.05) is 0 Å². The number of amides is 10. The Morgan fingerprint density at radius 3 is 1.85 bits per heavy atom. The van der Waals surface area contributed by atoms with Crippen molar-refractivity contribution in [3.05, 3.63) is 89.0 Å². The van der Waals surface area contributed by atoms with Crippen molar-refractivity contribution in [1.29, 1.82) is 0 Å². The van der Waals surface area contributed by atoms with Crippen LogP contribution in [0.4, 0.5) is 5.69 Å². The van der Waals surface area contributed by atoms with Crippen LogP contribution >= 0.6 is 12.2 Å². The molecule has 9 rings (SSSR count). The lowest BCUT2D eigenvalue weighted by molar-refractivity contribution is -0.148. The molecule has 0 bridgehead atoms. The van der Waals surface area contributed by atoms with Gasteiger partial charge in [0.15, 0.2) is 10.7 Å².